The van der Waals surface area contributed by atoms with Gasteiger partial charge >= 0.3 is 0 Å². The highest BCUT2D eigenvalue weighted by Crippen LogP contribution is 2.35. The van der Waals surface area contributed by atoms with E-state index in [4.69, 9.17) is 21.7 Å². The summed E-state index contributed by atoms with van der Waals surface area (Å²) in [6.45, 7) is 4.78. The topological polar surface area (TPSA) is 37.0 Å². The lowest BCUT2D eigenvalue weighted by molar-refractivity contribution is 0.174. The number of nitrogens with zero attached hydrogens (tertiary/aromatic N) is 2. The standard InChI is InChI=1S/C19H21N3O2S/c25-19(20-13-15-4-2-1-3-5-15)22-10-8-21(9-11-22)16-6-7-17-18(12-16)24-14-23-17/h1-7,12H,8-11,13-14H2,(H,20,25). The number of rotatable bonds is 3. The molecule has 0 aliphatic carbocycles. The molecular formula is C19H21N3O2S. The number of thiocarbonyl (C=S) groups is 1. The maximum absolute atomic E-state index is 5.55. The Balaban J connectivity index is 1.30. The van der Waals surface area contributed by atoms with Crippen LogP contribution in [0.2, 0.25) is 0 Å². The third kappa shape index (κ3) is 3.64. The summed E-state index contributed by atoms with van der Waals surface area (Å²) in [4.78, 5) is 4.60. The van der Waals surface area contributed by atoms with Crippen LogP contribution in [0.3, 0.4) is 0 Å². The second-order valence-corrected chi connectivity index (χ2v) is 6.54. The summed E-state index contributed by atoms with van der Waals surface area (Å²) >= 11 is 5.55. The van der Waals surface area contributed by atoms with Crippen molar-refractivity contribution in [3.05, 3.63) is 54.1 Å². The molecule has 2 aromatic rings. The highest BCUT2D eigenvalue weighted by atomic mass is 32.1. The van der Waals surface area contributed by atoms with E-state index in [0.717, 1.165) is 49.3 Å². The van der Waals surface area contributed by atoms with E-state index >= 15 is 0 Å². The van der Waals surface area contributed by atoms with E-state index in [1.165, 1.54) is 11.3 Å². The molecule has 0 atom stereocenters. The van der Waals surface area contributed by atoms with Crippen molar-refractivity contribution in [3.63, 3.8) is 0 Å². The molecule has 5 nitrogen and oxygen atoms in total. The second-order valence-electron chi connectivity index (χ2n) is 6.16. The Morgan fingerprint density at radius 2 is 1.72 bits per heavy atom. The SMILES string of the molecule is S=C(NCc1ccccc1)N1CCN(c2ccc3c(c2)OCO3)CC1. The molecule has 0 aromatic heterocycles. The van der Waals surface area contributed by atoms with Crippen LogP contribution in [0.4, 0.5) is 5.69 Å². The summed E-state index contributed by atoms with van der Waals surface area (Å²) in [7, 11) is 0. The van der Waals surface area contributed by atoms with Gasteiger partial charge < -0.3 is 24.6 Å². The molecule has 0 amide bonds. The normalized spacial score (nSPS) is 16.0. The van der Waals surface area contributed by atoms with Crippen molar-refractivity contribution < 1.29 is 9.47 Å². The van der Waals surface area contributed by atoms with Crippen LogP contribution >= 0.6 is 12.2 Å². The van der Waals surface area contributed by atoms with Gasteiger partial charge in [-0.05, 0) is 29.9 Å². The van der Waals surface area contributed by atoms with Gasteiger partial charge in [-0.1, -0.05) is 30.3 Å². The second kappa shape index (κ2) is 7.19. The Bertz CT molecular complexity index is 746. The van der Waals surface area contributed by atoms with Gasteiger partial charge in [0.25, 0.3) is 0 Å². The van der Waals surface area contributed by atoms with Gasteiger partial charge in [-0.3, -0.25) is 0 Å². The number of anilines is 1. The van der Waals surface area contributed by atoms with Crippen molar-refractivity contribution in [1.82, 2.24) is 10.2 Å². The van der Waals surface area contributed by atoms with Crippen LogP contribution in [0, 0.1) is 0 Å². The number of fused-ring (bicyclic) bond motifs is 1. The van der Waals surface area contributed by atoms with Gasteiger partial charge in [0.2, 0.25) is 6.79 Å². The molecule has 2 aliphatic heterocycles. The van der Waals surface area contributed by atoms with Crippen LogP contribution in [0.25, 0.3) is 0 Å². The van der Waals surface area contributed by atoms with Crippen LogP contribution in [-0.2, 0) is 6.54 Å². The van der Waals surface area contributed by atoms with E-state index < -0.39 is 0 Å². The van der Waals surface area contributed by atoms with Gasteiger partial charge in [-0.25, -0.2) is 0 Å². The maximum Gasteiger partial charge on any atom is 0.231 e. The summed E-state index contributed by atoms with van der Waals surface area (Å²) < 4.78 is 10.9. The smallest absolute Gasteiger partial charge is 0.231 e. The fourth-order valence-electron chi connectivity index (χ4n) is 3.14. The summed E-state index contributed by atoms with van der Waals surface area (Å²) in [5.74, 6) is 1.66. The lowest BCUT2D eigenvalue weighted by Crippen LogP contribution is -2.51. The molecule has 25 heavy (non-hydrogen) atoms. The van der Waals surface area contributed by atoms with Crippen molar-refractivity contribution in [2.24, 2.45) is 0 Å². The Morgan fingerprint density at radius 1 is 0.960 bits per heavy atom. The minimum absolute atomic E-state index is 0.313. The minimum atomic E-state index is 0.313. The molecule has 1 saturated heterocycles. The Labute approximate surface area is 153 Å². The largest absolute Gasteiger partial charge is 0.454 e. The van der Waals surface area contributed by atoms with Crippen LogP contribution in [-0.4, -0.2) is 43.0 Å². The molecule has 0 unspecified atom stereocenters. The van der Waals surface area contributed by atoms with Gasteiger partial charge in [0.1, 0.15) is 0 Å². The molecule has 0 bridgehead atoms. The first-order chi connectivity index (χ1) is 12.3. The van der Waals surface area contributed by atoms with Gasteiger partial charge in [0.05, 0.1) is 0 Å². The molecule has 2 aromatic carbocycles. The maximum atomic E-state index is 5.55. The molecule has 4 rings (SSSR count). The van der Waals surface area contributed by atoms with Gasteiger partial charge in [-0.15, -0.1) is 0 Å². The Hall–Kier alpha value is -2.47. The molecule has 1 fully saturated rings. The first kappa shape index (κ1) is 16.0. The average molecular weight is 355 g/mol. The third-order valence-electron chi connectivity index (χ3n) is 4.57. The van der Waals surface area contributed by atoms with Gasteiger partial charge in [0.15, 0.2) is 16.6 Å². The van der Waals surface area contributed by atoms with Crippen molar-refractivity contribution in [2.45, 2.75) is 6.54 Å². The van der Waals surface area contributed by atoms with E-state index in [0.29, 0.717) is 6.79 Å². The van der Waals surface area contributed by atoms with Crippen LogP contribution < -0.4 is 19.7 Å². The molecule has 130 valence electrons. The summed E-state index contributed by atoms with van der Waals surface area (Å²) in [6, 6.07) is 16.5. The van der Waals surface area contributed by atoms with Crippen molar-refractivity contribution in [2.75, 3.05) is 37.9 Å². The lowest BCUT2D eigenvalue weighted by atomic mass is 10.2. The summed E-state index contributed by atoms with van der Waals surface area (Å²) in [5.41, 5.74) is 2.41. The lowest BCUT2D eigenvalue weighted by Gasteiger charge is -2.37. The number of hydrogen-bond acceptors (Lipinski definition) is 4. The number of hydrogen-bond donors (Lipinski definition) is 1. The predicted molar refractivity (Wildman–Crippen MR) is 102 cm³/mol. The monoisotopic (exact) mass is 355 g/mol. The zero-order chi connectivity index (χ0) is 17.1. The molecule has 6 heteroatoms. The first-order valence-corrected chi connectivity index (χ1v) is 8.92. The zero-order valence-electron chi connectivity index (χ0n) is 14.0. The molecule has 2 heterocycles. The van der Waals surface area contributed by atoms with Crippen LogP contribution in [0.5, 0.6) is 11.5 Å². The Kier molecular flexibility index (Phi) is 4.61. The average Bonchev–Trinajstić information content (AvgIpc) is 3.15. The number of ether oxygens (including phenoxy) is 2. The highest BCUT2D eigenvalue weighted by Gasteiger charge is 2.21. The minimum Gasteiger partial charge on any atom is -0.454 e. The van der Waals surface area contributed by atoms with E-state index in [-0.39, 0.29) is 0 Å². The summed E-state index contributed by atoms with van der Waals surface area (Å²) in [5, 5.41) is 4.19. The van der Waals surface area contributed by atoms with Crippen LogP contribution in [0.1, 0.15) is 5.56 Å². The molecule has 0 radical (unpaired) electrons. The molecule has 1 N–H and O–H groups in total. The van der Waals surface area contributed by atoms with Crippen LogP contribution in [0.15, 0.2) is 48.5 Å². The predicted octanol–water partition coefficient (Wildman–Crippen LogP) is 2.61. The van der Waals surface area contributed by atoms with Crippen molar-refractivity contribution >= 4 is 23.0 Å². The molecule has 0 spiro atoms. The molecule has 2 aliphatic rings. The Morgan fingerprint density at radius 3 is 2.52 bits per heavy atom. The van der Waals surface area contributed by atoms with Gasteiger partial charge in [-0.2, -0.15) is 0 Å². The number of nitrogens with one attached hydrogen (secondary N) is 1. The van der Waals surface area contributed by atoms with E-state index in [2.05, 4.69) is 39.4 Å². The quantitative estimate of drug-likeness (QED) is 0.853. The number of benzene rings is 2. The molecular weight excluding hydrogens is 334 g/mol. The first-order valence-electron chi connectivity index (χ1n) is 8.51. The number of piperazine rings is 1. The molecule has 0 saturated carbocycles. The van der Waals surface area contributed by atoms with Crippen molar-refractivity contribution in [1.29, 1.82) is 0 Å². The highest BCUT2D eigenvalue weighted by molar-refractivity contribution is 7.80. The summed E-state index contributed by atoms with van der Waals surface area (Å²) in [6.07, 6.45) is 0. The fraction of sp³-hybridized carbons (Fsp3) is 0.316. The van der Waals surface area contributed by atoms with E-state index in [1.807, 2.05) is 24.3 Å². The van der Waals surface area contributed by atoms with E-state index in [9.17, 15) is 0 Å². The van der Waals surface area contributed by atoms with E-state index in [1.54, 1.807) is 0 Å². The fourth-order valence-corrected chi connectivity index (χ4v) is 3.39. The van der Waals surface area contributed by atoms with Crippen molar-refractivity contribution in [3.8, 4) is 11.5 Å². The third-order valence-corrected chi connectivity index (χ3v) is 4.98. The zero-order valence-corrected chi connectivity index (χ0v) is 14.8. The van der Waals surface area contributed by atoms with Gasteiger partial charge in [0, 0.05) is 44.5 Å².